The molecule has 1 aromatic carbocycles. The Morgan fingerprint density at radius 2 is 1.88 bits per heavy atom. The van der Waals surface area contributed by atoms with Crippen LogP contribution in [0.15, 0.2) is 35.3 Å². The van der Waals surface area contributed by atoms with Gasteiger partial charge in [-0.3, -0.25) is 4.99 Å². The summed E-state index contributed by atoms with van der Waals surface area (Å²) in [6.45, 7) is 5.10. The number of benzene rings is 1. The van der Waals surface area contributed by atoms with Gasteiger partial charge in [-0.25, -0.2) is 0 Å². The maximum atomic E-state index is 4.15. The van der Waals surface area contributed by atoms with Gasteiger partial charge in [-0.1, -0.05) is 30.3 Å². The highest BCUT2D eigenvalue weighted by molar-refractivity contribution is 14.0. The topological polar surface area (TPSA) is 36.4 Å². The summed E-state index contributed by atoms with van der Waals surface area (Å²) in [4.78, 5) is 4.15. The maximum Gasteiger partial charge on any atom is 0.191 e. The summed E-state index contributed by atoms with van der Waals surface area (Å²) in [5.74, 6) is 0.867. The van der Waals surface area contributed by atoms with Crippen LogP contribution < -0.4 is 10.6 Å². The lowest BCUT2D eigenvalue weighted by atomic mass is 10.1. The number of halogens is 1. The molecule has 2 N–H and O–H groups in total. The van der Waals surface area contributed by atoms with Gasteiger partial charge in [0, 0.05) is 19.6 Å². The summed E-state index contributed by atoms with van der Waals surface area (Å²) in [6.07, 6.45) is 1.01. The van der Waals surface area contributed by atoms with E-state index < -0.39 is 0 Å². The first-order chi connectivity index (χ1) is 7.72. The standard InChI is InChI=1S/C13H21N3.HI/c1-11(2)16-13(14-3)15-10-9-12-7-5-4-6-8-12;/h4-8,11H,9-10H2,1-3H3,(H2,14,15,16);1H. The van der Waals surface area contributed by atoms with E-state index in [0.29, 0.717) is 6.04 Å². The molecular formula is C13H22IN3. The summed E-state index contributed by atoms with van der Waals surface area (Å²) < 4.78 is 0. The summed E-state index contributed by atoms with van der Waals surface area (Å²) >= 11 is 0. The van der Waals surface area contributed by atoms with E-state index in [9.17, 15) is 0 Å². The van der Waals surface area contributed by atoms with Crippen LogP contribution in [-0.4, -0.2) is 25.6 Å². The second-order valence-electron chi connectivity index (χ2n) is 4.03. The zero-order valence-electron chi connectivity index (χ0n) is 10.7. The second kappa shape index (κ2) is 9.27. The highest BCUT2D eigenvalue weighted by Gasteiger charge is 1.98. The average molecular weight is 347 g/mol. The van der Waals surface area contributed by atoms with Crippen LogP contribution in [0.3, 0.4) is 0 Å². The van der Waals surface area contributed by atoms with E-state index in [0.717, 1.165) is 18.9 Å². The molecule has 0 spiro atoms. The van der Waals surface area contributed by atoms with Crippen LogP contribution in [0, 0.1) is 0 Å². The highest BCUT2D eigenvalue weighted by atomic mass is 127. The van der Waals surface area contributed by atoms with E-state index in [4.69, 9.17) is 0 Å². The third kappa shape index (κ3) is 7.20. The largest absolute Gasteiger partial charge is 0.356 e. The molecule has 0 unspecified atom stereocenters. The minimum absolute atomic E-state index is 0. The fourth-order valence-electron chi connectivity index (χ4n) is 1.44. The summed E-state index contributed by atoms with van der Waals surface area (Å²) in [6, 6.07) is 10.9. The van der Waals surface area contributed by atoms with Gasteiger partial charge in [0.05, 0.1) is 0 Å². The van der Waals surface area contributed by atoms with Crippen molar-refractivity contribution in [1.82, 2.24) is 10.6 Å². The minimum Gasteiger partial charge on any atom is -0.356 e. The van der Waals surface area contributed by atoms with Crippen molar-refractivity contribution >= 4 is 29.9 Å². The SMILES string of the molecule is CN=C(NCCc1ccccc1)NC(C)C.I. The molecule has 0 bridgehead atoms. The Morgan fingerprint density at radius 3 is 2.41 bits per heavy atom. The summed E-state index contributed by atoms with van der Waals surface area (Å²) in [7, 11) is 1.79. The van der Waals surface area contributed by atoms with Crippen LogP contribution in [0.4, 0.5) is 0 Å². The van der Waals surface area contributed by atoms with E-state index in [1.807, 2.05) is 6.07 Å². The molecule has 0 saturated heterocycles. The molecule has 0 fully saturated rings. The van der Waals surface area contributed by atoms with E-state index in [-0.39, 0.29) is 24.0 Å². The van der Waals surface area contributed by atoms with Crippen LogP contribution in [0.25, 0.3) is 0 Å². The Kier molecular flexibility index (Phi) is 8.85. The van der Waals surface area contributed by atoms with Gasteiger partial charge in [-0.15, -0.1) is 24.0 Å². The quantitative estimate of drug-likeness (QED) is 0.499. The fraction of sp³-hybridized carbons (Fsp3) is 0.462. The van der Waals surface area contributed by atoms with Crippen molar-refractivity contribution in [2.75, 3.05) is 13.6 Å². The predicted octanol–water partition coefficient (Wildman–Crippen LogP) is 2.42. The van der Waals surface area contributed by atoms with Crippen molar-refractivity contribution in [2.24, 2.45) is 4.99 Å². The van der Waals surface area contributed by atoms with Crippen LogP contribution in [0.5, 0.6) is 0 Å². The first-order valence-corrected chi connectivity index (χ1v) is 5.73. The van der Waals surface area contributed by atoms with Crippen molar-refractivity contribution in [3.63, 3.8) is 0 Å². The highest BCUT2D eigenvalue weighted by Crippen LogP contribution is 1.97. The first-order valence-electron chi connectivity index (χ1n) is 5.73. The second-order valence-corrected chi connectivity index (χ2v) is 4.03. The molecule has 17 heavy (non-hydrogen) atoms. The number of nitrogens with zero attached hydrogens (tertiary/aromatic N) is 1. The van der Waals surface area contributed by atoms with Crippen LogP contribution >= 0.6 is 24.0 Å². The smallest absolute Gasteiger partial charge is 0.191 e. The number of hydrogen-bond acceptors (Lipinski definition) is 1. The lowest BCUT2D eigenvalue weighted by molar-refractivity contribution is 0.698. The molecule has 0 aliphatic carbocycles. The number of nitrogens with one attached hydrogen (secondary N) is 2. The van der Waals surface area contributed by atoms with Gasteiger partial charge in [0.25, 0.3) is 0 Å². The molecule has 3 nitrogen and oxygen atoms in total. The van der Waals surface area contributed by atoms with Gasteiger partial charge >= 0.3 is 0 Å². The molecular weight excluding hydrogens is 325 g/mol. The van der Waals surface area contributed by atoms with Gasteiger partial charge in [0.1, 0.15) is 0 Å². The summed E-state index contributed by atoms with van der Waals surface area (Å²) in [5.41, 5.74) is 1.34. The van der Waals surface area contributed by atoms with Crippen molar-refractivity contribution in [2.45, 2.75) is 26.3 Å². The lowest BCUT2D eigenvalue weighted by Gasteiger charge is -2.14. The monoisotopic (exact) mass is 347 g/mol. The van der Waals surface area contributed by atoms with E-state index in [1.165, 1.54) is 5.56 Å². The van der Waals surface area contributed by atoms with Crippen LogP contribution in [0.2, 0.25) is 0 Å². The third-order valence-electron chi connectivity index (χ3n) is 2.20. The van der Waals surface area contributed by atoms with Gasteiger partial charge in [0.2, 0.25) is 0 Å². The average Bonchev–Trinajstić information content (AvgIpc) is 2.28. The van der Waals surface area contributed by atoms with E-state index >= 15 is 0 Å². The summed E-state index contributed by atoms with van der Waals surface area (Å²) in [5, 5.41) is 6.54. The number of guanidine groups is 1. The lowest BCUT2D eigenvalue weighted by Crippen LogP contribution is -2.41. The molecule has 0 saturated carbocycles. The van der Waals surface area contributed by atoms with Gasteiger partial charge in [-0.2, -0.15) is 0 Å². The molecule has 0 aliphatic rings. The third-order valence-corrected chi connectivity index (χ3v) is 2.20. The van der Waals surface area contributed by atoms with Crippen molar-refractivity contribution < 1.29 is 0 Å². The Labute approximate surface area is 121 Å². The van der Waals surface area contributed by atoms with Gasteiger partial charge in [0.15, 0.2) is 5.96 Å². The molecule has 0 atom stereocenters. The fourth-order valence-corrected chi connectivity index (χ4v) is 1.44. The molecule has 0 amide bonds. The number of hydrogen-bond donors (Lipinski definition) is 2. The Morgan fingerprint density at radius 1 is 1.24 bits per heavy atom. The molecule has 1 aromatic rings. The van der Waals surface area contributed by atoms with Crippen molar-refractivity contribution in [1.29, 1.82) is 0 Å². The number of aliphatic imine (C=N–C) groups is 1. The van der Waals surface area contributed by atoms with Crippen molar-refractivity contribution in [3.05, 3.63) is 35.9 Å². The zero-order chi connectivity index (χ0) is 11.8. The maximum absolute atomic E-state index is 4.15. The molecule has 96 valence electrons. The number of rotatable bonds is 4. The molecule has 0 aliphatic heterocycles. The Balaban J connectivity index is 0.00000256. The molecule has 0 heterocycles. The van der Waals surface area contributed by atoms with Gasteiger partial charge < -0.3 is 10.6 Å². The minimum atomic E-state index is 0. The zero-order valence-corrected chi connectivity index (χ0v) is 13.1. The molecule has 0 aromatic heterocycles. The molecule has 4 heteroatoms. The normalized spacial score (nSPS) is 10.9. The predicted molar refractivity (Wildman–Crippen MR) is 85.2 cm³/mol. The Hall–Kier alpha value is -0.780. The molecule has 0 radical (unpaired) electrons. The van der Waals surface area contributed by atoms with Crippen LogP contribution in [0.1, 0.15) is 19.4 Å². The van der Waals surface area contributed by atoms with Crippen molar-refractivity contribution in [3.8, 4) is 0 Å². The molecule has 1 rings (SSSR count). The van der Waals surface area contributed by atoms with Gasteiger partial charge in [-0.05, 0) is 25.8 Å². The van der Waals surface area contributed by atoms with E-state index in [1.54, 1.807) is 7.05 Å². The first kappa shape index (κ1) is 16.2. The van der Waals surface area contributed by atoms with E-state index in [2.05, 4.69) is 53.7 Å². The van der Waals surface area contributed by atoms with Crippen LogP contribution in [-0.2, 0) is 6.42 Å². The Bertz CT molecular complexity index is 323.